The number of benzene rings is 2. The van der Waals surface area contributed by atoms with E-state index in [1.807, 2.05) is 38.1 Å². The van der Waals surface area contributed by atoms with Gasteiger partial charge >= 0.3 is 0 Å². The molecule has 2 aromatic heterocycles. The minimum absolute atomic E-state index is 0.110. The van der Waals surface area contributed by atoms with Gasteiger partial charge in [-0.25, -0.2) is 9.37 Å². The summed E-state index contributed by atoms with van der Waals surface area (Å²) >= 11 is 1.47. The SMILES string of the molecule is Cc1ccc(OCCn2cnc3sc(C)c(-c4ccc(F)cc4)c3c2=O)cc1. The van der Waals surface area contributed by atoms with Gasteiger partial charge in [-0.1, -0.05) is 29.8 Å². The lowest BCUT2D eigenvalue weighted by molar-refractivity contribution is 0.296. The van der Waals surface area contributed by atoms with Gasteiger partial charge in [-0.3, -0.25) is 9.36 Å². The molecule has 142 valence electrons. The molecule has 0 unspecified atom stereocenters. The van der Waals surface area contributed by atoms with Crippen molar-refractivity contribution in [2.75, 3.05) is 6.61 Å². The van der Waals surface area contributed by atoms with E-state index in [2.05, 4.69) is 4.98 Å². The van der Waals surface area contributed by atoms with Crippen LogP contribution in [0.25, 0.3) is 21.3 Å². The summed E-state index contributed by atoms with van der Waals surface area (Å²) in [5.41, 5.74) is 2.70. The summed E-state index contributed by atoms with van der Waals surface area (Å²) < 4.78 is 20.6. The first kappa shape index (κ1) is 18.4. The summed E-state index contributed by atoms with van der Waals surface area (Å²) in [5.74, 6) is 0.468. The Morgan fingerprint density at radius 2 is 1.79 bits per heavy atom. The zero-order valence-corrected chi connectivity index (χ0v) is 16.4. The topological polar surface area (TPSA) is 44.1 Å². The van der Waals surface area contributed by atoms with Crippen LogP contribution in [0.15, 0.2) is 59.7 Å². The predicted octanol–water partition coefficient (Wildman–Crippen LogP) is 4.96. The number of aromatic nitrogens is 2. The molecular formula is C22H19FN2O2S. The Bertz CT molecular complexity index is 1180. The lowest BCUT2D eigenvalue weighted by atomic mass is 10.0. The smallest absolute Gasteiger partial charge is 0.262 e. The Kier molecular flexibility index (Phi) is 4.96. The van der Waals surface area contributed by atoms with Crippen molar-refractivity contribution in [3.05, 3.63) is 81.5 Å². The van der Waals surface area contributed by atoms with Gasteiger partial charge in [0.1, 0.15) is 23.0 Å². The maximum atomic E-state index is 13.3. The second-order valence-electron chi connectivity index (χ2n) is 6.62. The van der Waals surface area contributed by atoms with E-state index in [0.29, 0.717) is 23.4 Å². The number of halogens is 1. The molecule has 0 aliphatic rings. The summed E-state index contributed by atoms with van der Waals surface area (Å²) in [4.78, 5) is 19.2. The van der Waals surface area contributed by atoms with Crippen molar-refractivity contribution in [2.45, 2.75) is 20.4 Å². The minimum atomic E-state index is -0.301. The van der Waals surface area contributed by atoms with Crippen LogP contribution in [0, 0.1) is 19.7 Å². The zero-order valence-electron chi connectivity index (χ0n) is 15.6. The molecule has 28 heavy (non-hydrogen) atoms. The number of hydrogen-bond donors (Lipinski definition) is 0. The van der Waals surface area contributed by atoms with Crippen LogP contribution >= 0.6 is 11.3 Å². The molecule has 0 atom stereocenters. The summed E-state index contributed by atoms with van der Waals surface area (Å²) in [7, 11) is 0. The molecule has 0 radical (unpaired) electrons. The van der Waals surface area contributed by atoms with Crippen molar-refractivity contribution >= 4 is 21.6 Å². The molecule has 0 fully saturated rings. The maximum absolute atomic E-state index is 13.3. The summed E-state index contributed by atoms with van der Waals surface area (Å²) in [6.07, 6.45) is 1.56. The maximum Gasteiger partial charge on any atom is 0.262 e. The second-order valence-corrected chi connectivity index (χ2v) is 7.83. The van der Waals surface area contributed by atoms with Crippen LogP contribution in [-0.2, 0) is 6.54 Å². The molecule has 0 spiro atoms. The van der Waals surface area contributed by atoms with Crippen LogP contribution in [-0.4, -0.2) is 16.2 Å². The van der Waals surface area contributed by atoms with Crippen LogP contribution in [0.2, 0.25) is 0 Å². The van der Waals surface area contributed by atoms with E-state index in [9.17, 15) is 9.18 Å². The van der Waals surface area contributed by atoms with E-state index in [0.717, 1.165) is 21.8 Å². The van der Waals surface area contributed by atoms with E-state index in [-0.39, 0.29) is 11.4 Å². The molecule has 4 nitrogen and oxygen atoms in total. The Morgan fingerprint density at radius 1 is 1.07 bits per heavy atom. The third-order valence-corrected chi connectivity index (χ3v) is 5.62. The molecule has 6 heteroatoms. The highest BCUT2D eigenvalue weighted by molar-refractivity contribution is 7.19. The average molecular weight is 394 g/mol. The highest BCUT2D eigenvalue weighted by atomic mass is 32.1. The van der Waals surface area contributed by atoms with Gasteiger partial charge in [-0.15, -0.1) is 11.3 Å². The molecule has 2 aromatic carbocycles. The van der Waals surface area contributed by atoms with E-state index < -0.39 is 0 Å². The van der Waals surface area contributed by atoms with Crippen LogP contribution in [0.5, 0.6) is 5.75 Å². The van der Waals surface area contributed by atoms with Gasteiger partial charge in [-0.05, 0) is 43.7 Å². The molecule has 4 rings (SSSR count). The first-order chi connectivity index (χ1) is 13.5. The molecule has 0 aliphatic carbocycles. The van der Waals surface area contributed by atoms with Crippen molar-refractivity contribution < 1.29 is 9.13 Å². The first-order valence-electron chi connectivity index (χ1n) is 8.97. The van der Waals surface area contributed by atoms with Gasteiger partial charge in [0.25, 0.3) is 5.56 Å². The van der Waals surface area contributed by atoms with Crippen molar-refractivity contribution in [3.8, 4) is 16.9 Å². The van der Waals surface area contributed by atoms with Crippen molar-refractivity contribution in [3.63, 3.8) is 0 Å². The highest BCUT2D eigenvalue weighted by Crippen LogP contribution is 2.35. The van der Waals surface area contributed by atoms with Gasteiger partial charge in [0.15, 0.2) is 0 Å². The summed E-state index contributed by atoms with van der Waals surface area (Å²) in [6, 6.07) is 14.0. The van der Waals surface area contributed by atoms with Gasteiger partial charge in [0.05, 0.1) is 18.3 Å². The number of nitrogens with zero attached hydrogens (tertiary/aromatic N) is 2. The third-order valence-electron chi connectivity index (χ3n) is 4.61. The fourth-order valence-electron chi connectivity index (χ4n) is 3.16. The van der Waals surface area contributed by atoms with Crippen LogP contribution in [0.1, 0.15) is 10.4 Å². The fraction of sp³-hybridized carbons (Fsp3) is 0.182. The Labute approximate surface area is 165 Å². The van der Waals surface area contributed by atoms with Crippen molar-refractivity contribution in [1.82, 2.24) is 9.55 Å². The monoisotopic (exact) mass is 394 g/mol. The van der Waals surface area contributed by atoms with E-state index >= 15 is 0 Å². The number of rotatable bonds is 5. The third kappa shape index (κ3) is 3.55. The van der Waals surface area contributed by atoms with Gasteiger partial charge in [0, 0.05) is 10.4 Å². The molecule has 0 saturated carbocycles. The fourth-order valence-corrected chi connectivity index (χ4v) is 4.16. The van der Waals surface area contributed by atoms with Crippen LogP contribution < -0.4 is 10.3 Å². The van der Waals surface area contributed by atoms with Gasteiger partial charge in [-0.2, -0.15) is 0 Å². The number of aryl methyl sites for hydroxylation is 2. The first-order valence-corrected chi connectivity index (χ1v) is 9.78. The van der Waals surface area contributed by atoms with Crippen molar-refractivity contribution in [1.29, 1.82) is 0 Å². The van der Waals surface area contributed by atoms with Gasteiger partial charge < -0.3 is 4.74 Å². The molecule has 4 aromatic rings. The quantitative estimate of drug-likeness (QED) is 0.481. The highest BCUT2D eigenvalue weighted by Gasteiger charge is 2.17. The number of fused-ring (bicyclic) bond motifs is 1. The predicted molar refractivity (Wildman–Crippen MR) is 111 cm³/mol. The zero-order chi connectivity index (χ0) is 19.7. The Balaban J connectivity index is 1.64. The standard InChI is InChI=1S/C22H19FN2O2S/c1-14-3-9-18(10-4-14)27-12-11-25-13-24-21-20(22(25)26)19(15(2)28-21)16-5-7-17(23)8-6-16/h3-10,13H,11-12H2,1-2H3. The number of ether oxygens (including phenoxy) is 1. The molecule has 0 amide bonds. The largest absolute Gasteiger partial charge is 0.492 e. The van der Waals surface area contributed by atoms with Gasteiger partial charge in [0.2, 0.25) is 0 Å². The number of hydrogen-bond acceptors (Lipinski definition) is 4. The average Bonchev–Trinajstić information content (AvgIpc) is 3.03. The van der Waals surface area contributed by atoms with Crippen LogP contribution in [0.3, 0.4) is 0 Å². The molecule has 0 bridgehead atoms. The van der Waals surface area contributed by atoms with Crippen molar-refractivity contribution in [2.24, 2.45) is 0 Å². The normalized spacial score (nSPS) is 11.1. The molecule has 0 aliphatic heterocycles. The van der Waals surface area contributed by atoms with E-state index in [4.69, 9.17) is 4.74 Å². The number of thiophene rings is 1. The molecule has 2 heterocycles. The molecule has 0 N–H and O–H groups in total. The minimum Gasteiger partial charge on any atom is -0.492 e. The Morgan fingerprint density at radius 3 is 2.50 bits per heavy atom. The summed E-state index contributed by atoms with van der Waals surface area (Å²) in [6.45, 7) is 4.74. The lowest BCUT2D eigenvalue weighted by Crippen LogP contribution is -2.23. The Hall–Kier alpha value is -2.99. The lowest BCUT2D eigenvalue weighted by Gasteiger charge is -2.09. The van der Waals surface area contributed by atoms with E-state index in [1.165, 1.54) is 29.0 Å². The second kappa shape index (κ2) is 7.56. The van der Waals surface area contributed by atoms with Crippen LogP contribution in [0.4, 0.5) is 4.39 Å². The van der Waals surface area contributed by atoms with E-state index in [1.54, 1.807) is 23.0 Å². The molecular weight excluding hydrogens is 375 g/mol. The molecule has 0 saturated heterocycles. The summed E-state index contributed by atoms with van der Waals surface area (Å²) in [5, 5.41) is 0.576.